The van der Waals surface area contributed by atoms with E-state index in [1.165, 1.54) is 76.9 Å². The molecule has 0 aromatic rings. The predicted octanol–water partition coefficient (Wildman–Crippen LogP) is 6.01. The summed E-state index contributed by atoms with van der Waals surface area (Å²) in [7, 11) is 0. The average Bonchev–Trinajstić information content (AvgIpc) is 2.51. The molecular weight excluding hydrogens is 256 g/mol. The molecular formula is C20H36O. The maximum absolute atomic E-state index is 11.1. The summed E-state index contributed by atoms with van der Waals surface area (Å²) in [6.45, 7) is 4.87. The molecule has 2 saturated carbocycles. The highest BCUT2D eigenvalue weighted by Gasteiger charge is 2.25. The topological polar surface area (TPSA) is 17.1 Å². The molecule has 2 aliphatic rings. The lowest BCUT2D eigenvalue weighted by atomic mass is 9.74. The molecule has 5 atom stereocenters. The number of carbonyl (C=O) groups excluding carboxylic acids is 1. The Bertz CT molecular complexity index is 298. The maximum atomic E-state index is 11.1. The molecule has 0 aromatic carbocycles. The summed E-state index contributed by atoms with van der Waals surface area (Å²) in [6, 6.07) is 0. The molecule has 2 fully saturated rings. The van der Waals surface area contributed by atoms with Crippen molar-refractivity contribution in [2.24, 2.45) is 29.6 Å². The molecule has 122 valence electrons. The van der Waals surface area contributed by atoms with Gasteiger partial charge >= 0.3 is 0 Å². The van der Waals surface area contributed by atoms with Crippen molar-refractivity contribution in [3.63, 3.8) is 0 Å². The third-order valence-corrected chi connectivity index (χ3v) is 6.54. The average molecular weight is 293 g/mol. The van der Waals surface area contributed by atoms with Crippen molar-refractivity contribution in [1.82, 2.24) is 0 Å². The van der Waals surface area contributed by atoms with Gasteiger partial charge in [0.1, 0.15) is 6.29 Å². The van der Waals surface area contributed by atoms with Crippen molar-refractivity contribution in [3.05, 3.63) is 0 Å². The minimum Gasteiger partial charge on any atom is -0.303 e. The van der Waals surface area contributed by atoms with Crippen molar-refractivity contribution in [2.45, 2.75) is 90.9 Å². The molecule has 5 unspecified atom stereocenters. The number of hydrogen-bond acceptors (Lipinski definition) is 1. The van der Waals surface area contributed by atoms with Gasteiger partial charge in [0.2, 0.25) is 0 Å². The molecule has 1 nitrogen and oxygen atoms in total. The molecule has 0 bridgehead atoms. The number of aldehydes is 1. The molecule has 2 aliphatic carbocycles. The first-order valence-electron chi connectivity index (χ1n) is 9.66. The maximum Gasteiger partial charge on any atom is 0.123 e. The minimum atomic E-state index is 0.388. The second-order valence-electron chi connectivity index (χ2n) is 8.12. The highest BCUT2D eigenvalue weighted by molar-refractivity contribution is 5.54. The third kappa shape index (κ3) is 5.42. The smallest absolute Gasteiger partial charge is 0.123 e. The zero-order chi connectivity index (χ0) is 15.1. The summed E-state index contributed by atoms with van der Waals surface area (Å²) in [6.07, 6.45) is 17.7. The lowest BCUT2D eigenvalue weighted by Gasteiger charge is -2.32. The normalized spacial score (nSPS) is 37.3. The summed E-state index contributed by atoms with van der Waals surface area (Å²) in [5, 5.41) is 0. The Morgan fingerprint density at radius 2 is 1.62 bits per heavy atom. The van der Waals surface area contributed by atoms with Crippen molar-refractivity contribution in [1.29, 1.82) is 0 Å². The van der Waals surface area contributed by atoms with Crippen LogP contribution in [-0.2, 0) is 4.79 Å². The second-order valence-corrected chi connectivity index (χ2v) is 8.12. The predicted molar refractivity (Wildman–Crippen MR) is 90.3 cm³/mol. The zero-order valence-electron chi connectivity index (χ0n) is 14.4. The third-order valence-electron chi connectivity index (χ3n) is 6.54. The van der Waals surface area contributed by atoms with Gasteiger partial charge in [-0.05, 0) is 49.4 Å². The summed E-state index contributed by atoms with van der Waals surface area (Å²) < 4.78 is 0. The number of hydrogen-bond donors (Lipinski definition) is 0. The monoisotopic (exact) mass is 292 g/mol. The van der Waals surface area contributed by atoms with Crippen LogP contribution in [0.4, 0.5) is 0 Å². The van der Waals surface area contributed by atoms with Gasteiger partial charge in [-0.25, -0.2) is 0 Å². The van der Waals surface area contributed by atoms with Crippen LogP contribution in [0.25, 0.3) is 0 Å². The lowest BCUT2D eigenvalue weighted by molar-refractivity contribution is -0.113. The Hall–Kier alpha value is -0.330. The van der Waals surface area contributed by atoms with Crippen LogP contribution in [-0.4, -0.2) is 6.29 Å². The van der Waals surface area contributed by atoms with E-state index >= 15 is 0 Å². The van der Waals surface area contributed by atoms with Gasteiger partial charge in [0.15, 0.2) is 0 Å². The summed E-state index contributed by atoms with van der Waals surface area (Å²) in [5.41, 5.74) is 0. The molecule has 0 aromatic heterocycles. The first-order chi connectivity index (χ1) is 10.2. The van der Waals surface area contributed by atoms with E-state index < -0.39 is 0 Å². The second kappa shape index (κ2) is 8.96. The first kappa shape index (κ1) is 17.0. The van der Waals surface area contributed by atoms with Crippen LogP contribution in [0.2, 0.25) is 0 Å². The molecule has 0 spiro atoms. The zero-order valence-corrected chi connectivity index (χ0v) is 14.4. The van der Waals surface area contributed by atoms with E-state index in [9.17, 15) is 4.79 Å². The molecule has 0 aliphatic heterocycles. The molecule has 1 heteroatoms. The number of rotatable bonds is 7. The molecule has 0 amide bonds. The summed E-state index contributed by atoms with van der Waals surface area (Å²) in [4.78, 5) is 11.1. The van der Waals surface area contributed by atoms with Crippen molar-refractivity contribution in [2.75, 3.05) is 0 Å². The van der Waals surface area contributed by atoms with Crippen LogP contribution in [0.1, 0.15) is 90.9 Å². The van der Waals surface area contributed by atoms with Crippen LogP contribution >= 0.6 is 0 Å². The molecule has 0 heterocycles. The van der Waals surface area contributed by atoms with Crippen LogP contribution < -0.4 is 0 Å². The fourth-order valence-corrected chi connectivity index (χ4v) is 4.71. The quantitative estimate of drug-likeness (QED) is 0.414. The Labute approximate surface area is 132 Å². The molecule has 0 N–H and O–H groups in total. The molecule has 2 rings (SSSR count). The van der Waals surface area contributed by atoms with Crippen LogP contribution in [0.15, 0.2) is 0 Å². The van der Waals surface area contributed by atoms with Gasteiger partial charge in [0.05, 0.1) is 0 Å². The number of unbranched alkanes of at least 4 members (excludes halogenated alkanes) is 2. The number of carbonyl (C=O) groups is 1. The standard InChI is InChI=1S/C20H36O/c1-16-12-13-18(14-17(16)2)8-4-3-5-9-19-10-6-7-11-20(19)15-21/h15-20H,3-14H2,1-2H3. The Morgan fingerprint density at radius 1 is 0.857 bits per heavy atom. The van der Waals surface area contributed by atoms with E-state index in [0.29, 0.717) is 11.8 Å². The Kier molecular flexibility index (Phi) is 7.26. The van der Waals surface area contributed by atoms with Gasteiger partial charge in [-0.1, -0.05) is 65.2 Å². The van der Waals surface area contributed by atoms with E-state index in [4.69, 9.17) is 0 Å². The van der Waals surface area contributed by atoms with Crippen molar-refractivity contribution >= 4 is 6.29 Å². The first-order valence-corrected chi connectivity index (χ1v) is 9.66. The largest absolute Gasteiger partial charge is 0.303 e. The Balaban J connectivity index is 1.54. The van der Waals surface area contributed by atoms with E-state index in [0.717, 1.165) is 24.2 Å². The molecule has 21 heavy (non-hydrogen) atoms. The Morgan fingerprint density at radius 3 is 2.38 bits per heavy atom. The van der Waals surface area contributed by atoms with Gasteiger partial charge in [-0.2, -0.15) is 0 Å². The van der Waals surface area contributed by atoms with E-state index in [2.05, 4.69) is 13.8 Å². The summed E-state index contributed by atoms with van der Waals surface area (Å²) >= 11 is 0. The fraction of sp³-hybridized carbons (Fsp3) is 0.950. The highest BCUT2D eigenvalue weighted by atomic mass is 16.1. The molecule has 0 saturated heterocycles. The van der Waals surface area contributed by atoms with Gasteiger partial charge in [0.25, 0.3) is 0 Å². The van der Waals surface area contributed by atoms with Gasteiger partial charge in [-0.3, -0.25) is 0 Å². The van der Waals surface area contributed by atoms with Gasteiger partial charge < -0.3 is 4.79 Å². The van der Waals surface area contributed by atoms with Crippen molar-refractivity contribution < 1.29 is 4.79 Å². The highest BCUT2D eigenvalue weighted by Crippen LogP contribution is 2.36. The van der Waals surface area contributed by atoms with E-state index in [1.807, 2.05) is 0 Å². The van der Waals surface area contributed by atoms with Crippen molar-refractivity contribution in [3.8, 4) is 0 Å². The minimum absolute atomic E-state index is 0.388. The van der Waals surface area contributed by atoms with Gasteiger partial charge in [0, 0.05) is 5.92 Å². The lowest BCUT2D eigenvalue weighted by Crippen LogP contribution is -2.21. The SMILES string of the molecule is CC1CCC(CCCCCC2CCCCC2C=O)CC1C. The molecule has 0 radical (unpaired) electrons. The summed E-state index contributed by atoms with van der Waals surface area (Å²) in [5.74, 6) is 4.01. The van der Waals surface area contributed by atoms with E-state index in [1.54, 1.807) is 0 Å². The van der Waals surface area contributed by atoms with Gasteiger partial charge in [-0.15, -0.1) is 0 Å². The van der Waals surface area contributed by atoms with Crippen LogP contribution in [0.3, 0.4) is 0 Å². The van der Waals surface area contributed by atoms with E-state index in [-0.39, 0.29) is 0 Å². The van der Waals surface area contributed by atoms with Crippen LogP contribution in [0, 0.1) is 29.6 Å². The van der Waals surface area contributed by atoms with Crippen LogP contribution in [0.5, 0.6) is 0 Å². The fourth-order valence-electron chi connectivity index (χ4n) is 4.71.